The molecule has 0 aromatic rings. The summed E-state index contributed by atoms with van der Waals surface area (Å²) >= 11 is 0. The maximum absolute atomic E-state index is 13.8. The average molecular weight is 783 g/mol. The lowest BCUT2D eigenvalue weighted by atomic mass is 9.60. The molecule has 7 heteroatoms. The van der Waals surface area contributed by atoms with Gasteiger partial charge in [0, 0.05) is 25.2 Å². The maximum atomic E-state index is 13.8. The molecule has 7 atom stereocenters. The van der Waals surface area contributed by atoms with E-state index in [1.165, 1.54) is 44.6 Å². The van der Waals surface area contributed by atoms with Crippen molar-refractivity contribution in [1.29, 1.82) is 0 Å². The van der Waals surface area contributed by atoms with E-state index in [1.54, 1.807) is 5.57 Å². The van der Waals surface area contributed by atoms with Gasteiger partial charge < -0.3 is 13.6 Å². The molecular formula is C47H82O5Si2. The molecule has 4 saturated carbocycles. The largest absolute Gasteiger partial charge is 0.462 e. The first kappa shape index (κ1) is 45.4. The number of esters is 1. The van der Waals surface area contributed by atoms with Crippen LogP contribution in [0.1, 0.15) is 166 Å². The van der Waals surface area contributed by atoms with Crippen molar-refractivity contribution in [1.82, 2.24) is 0 Å². The molecule has 4 fully saturated rings. The smallest absolute Gasteiger partial charge is 0.302 e. The van der Waals surface area contributed by atoms with Gasteiger partial charge in [0.05, 0.1) is 12.2 Å². The summed E-state index contributed by atoms with van der Waals surface area (Å²) in [5.41, 5.74) is 3.93. The summed E-state index contributed by atoms with van der Waals surface area (Å²) in [5.74, 6) is 1.12. The number of rotatable bonds is 16. The molecule has 4 rings (SSSR count). The molecule has 4 aliphatic rings. The van der Waals surface area contributed by atoms with Gasteiger partial charge in [0.2, 0.25) is 0 Å². The quantitative estimate of drug-likeness (QED) is 0.0886. The number of hydrogen-bond acceptors (Lipinski definition) is 5. The van der Waals surface area contributed by atoms with Crippen molar-refractivity contribution in [2.45, 2.75) is 220 Å². The number of carbonyl (C=O) groups is 2. The van der Waals surface area contributed by atoms with Crippen molar-refractivity contribution in [3.8, 4) is 0 Å². The summed E-state index contributed by atoms with van der Waals surface area (Å²) in [7, 11) is -4.02. The van der Waals surface area contributed by atoms with Crippen LogP contribution in [0.25, 0.3) is 0 Å². The SMILES string of the molecule is C=C1/C(=C\C=C2/CCC[C@]3(C)[C@@H]([C@H](C)C(CC(=O)C4(CCCCCC)CC4)OC(C)=O)CC[C@@H]23)C[C@@H](O[Si](C)(C)C(C)(C)C)C[C@@H]1O[Si](C)(C)C(C)(C)C. The van der Waals surface area contributed by atoms with Gasteiger partial charge in [0.1, 0.15) is 11.9 Å². The minimum Gasteiger partial charge on any atom is -0.462 e. The Morgan fingerprint density at radius 3 is 2.13 bits per heavy atom. The van der Waals surface area contributed by atoms with Gasteiger partial charge >= 0.3 is 5.97 Å². The third kappa shape index (κ3) is 10.4. The number of unbranched alkanes of at least 4 members (excludes halogenated alkanes) is 3. The lowest BCUT2D eigenvalue weighted by molar-refractivity contribution is -0.153. The number of ether oxygens (including phenoxy) is 1. The van der Waals surface area contributed by atoms with E-state index in [-0.39, 0.29) is 51.1 Å². The van der Waals surface area contributed by atoms with Crippen molar-refractivity contribution in [3.63, 3.8) is 0 Å². The number of fused-ring (bicyclic) bond motifs is 1. The Morgan fingerprint density at radius 1 is 0.926 bits per heavy atom. The van der Waals surface area contributed by atoms with Crippen LogP contribution in [0.4, 0.5) is 0 Å². The molecule has 0 spiro atoms. The van der Waals surface area contributed by atoms with Crippen molar-refractivity contribution < 1.29 is 23.2 Å². The molecule has 0 aromatic carbocycles. The highest BCUT2D eigenvalue weighted by molar-refractivity contribution is 6.74. The summed E-state index contributed by atoms with van der Waals surface area (Å²) in [5, 5.41) is 0.255. The highest BCUT2D eigenvalue weighted by Gasteiger charge is 2.54. The lowest BCUT2D eigenvalue weighted by Crippen LogP contribution is -2.49. The highest BCUT2D eigenvalue weighted by atomic mass is 28.4. The van der Waals surface area contributed by atoms with Crippen LogP contribution < -0.4 is 0 Å². The zero-order chi connectivity index (χ0) is 40.5. The molecule has 0 amide bonds. The van der Waals surface area contributed by atoms with E-state index in [2.05, 4.69) is 101 Å². The van der Waals surface area contributed by atoms with E-state index in [0.717, 1.165) is 63.4 Å². The van der Waals surface area contributed by atoms with Crippen molar-refractivity contribution in [2.75, 3.05) is 0 Å². The Bertz CT molecular complexity index is 1410. The van der Waals surface area contributed by atoms with Crippen molar-refractivity contribution in [3.05, 3.63) is 35.5 Å². The van der Waals surface area contributed by atoms with Gasteiger partial charge in [-0.25, -0.2) is 0 Å². The second-order valence-corrected chi connectivity index (χ2v) is 31.1. The molecule has 0 radical (unpaired) electrons. The molecule has 54 heavy (non-hydrogen) atoms. The molecule has 0 aliphatic heterocycles. The summed E-state index contributed by atoms with van der Waals surface area (Å²) in [6.45, 7) is 36.6. The van der Waals surface area contributed by atoms with Crippen molar-refractivity contribution >= 4 is 28.4 Å². The van der Waals surface area contributed by atoms with E-state index in [1.807, 2.05) is 0 Å². The molecule has 0 aromatic heterocycles. The molecule has 0 heterocycles. The summed E-state index contributed by atoms with van der Waals surface area (Å²) < 4.78 is 20.3. The normalized spacial score (nSPS) is 30.3. The standard InChI is InChI=1S/C47H82O5Si2/c1-16-17-18-19-27-47(28-29-47)43(49)32-41(50-35(4)48)34(3)39-24-25-40-36(21-20-26-46(39,40)11)22-23-37-30-38(51-53(12,13)44(5,6)7)31-42(33(37)2)52-54(14,15)45(8,9)10/h22-23,34,38-42H,2,16-21,24-32H2,1,3-15H3/b36-22+,37-23-/t34-,38+,39+,40-,41?,42-,46+/m0/s1. The number of carbonyl (C=O) groups excluding carboxylic acids is 2. The monoisotopic (exact) mass is 783 g/mol. The van der Waals surface area contributed by atoms with Crippen LogP contribution in [-0.2, 0) is 23.2 Å². The Kier molecular flexibility index (Phi) is 14.5. The molecule has 0 bridgehead atoms. The lowest BCUT2D eigenvalue weighted by Gasteiger charge is -2.46. The summed E-state index contributed by atoms with van der Waals surface area (Å²) in [6, 6.07) is 0. The average Bonchev–Trinajstić information content (AvgIpc) is 3.75. The van der Waals surface area contributed by atoms with Crippen LogP contribution in [0.15, 0.2) is 35.5 Å². The first-order valence-corrected chi connectivity index (χ1v) is 27.8. The Morgan fingerprint density at radius 2 is 1.56 bits per heavy atom. The van der Waals surface area contributed by atoms with E-state index in [9.17, 15) is 9.59 Å². The zero-order valence-electron chi connectivity index (χ0n) is 37.5. The van der Waals surface area contributed by atoms with Crippen molar-refractivity contribution in [2.24, 2.45) is 28.6 Å². The molecule has 5 nitrogen and oxygen atoms in total. The third-order valence-electron chi connectivity index (χ3n) is 15.7. The fraction of sp³-hybridized carbons (Fsp3) is 0.830. The first-order chi connectivity index (χ1) is 24.9. The van der Waals surface area contributed by atoms with Crippen LogP contribution in [-0.4, -0.2) is 46.7 Å². The Balaban J connectivity index is 1.56. The van der Waals surface area contributed by atoms with Gasteiger partial charge in [-0.3, -0.25) is 9.59 Å². The maximum Gasteiger partial charge on any atom is 0.302 e. The predicted octanol–water partition coefficient (Wildman–Crippen LogP) is 13.5. The number of ketones is 1. The first-order valence-electron chi connectivity index (χ1n) is 22.0. The number of Topliss-reactive ketones (excluding diaryl/α,β-unsaturated/α-hetero) is 1. The van der Waals surface area contributed by atoms with Crippen LogP contribution >= 0.6 is 0 Å². The van der Waals surface area contributed by atoms with Crippen LogP contribution in [0.2, 0.25) is 36.3 Å². The molecule has 0 saturated heterocycles. The van der Waals surface area contributed by atoms with Gasteiger partial charge in [0.15, 0.2) is 16.6 Å². The van der Waals surface area contributed by atoms with Gasteiger partial charge in [-0.05, 0) is 128 Å². The fourth-order valence-electron chi connectivity index (χ4n) is 9.82. The van der Waals surface area contributed by atoms with Crippen LogP contribution in [0, 0.1) is 28.6 Å². The minimum absolute atomic E-state index is 0.0283. The molecule has 308 valence electrons. The highest BCUT2D eigenvalue weighted by Crippen LogP contribution is 2.60. The minimum atomic E-state index is -2.04. The Labute approximate surface area is 334 Å². The van der Waals surface area contributed by atoms with E-state index in [0.29, 0.717) is 24.0 Å². The number of allylic oxidation sites excluding steroid dienone is 3. The molecule has 4 aliphatic carbocycles. The number of hydrogen-bond donors (Lipinski definition) is 0. The van der Waals surface area contributed by atoms with Gasteiger partial charge in [-0.1, -0.05) is 112 Å². The third-order valence-corrected chi connectivity index (χ3v) is 24.7. The van der Waals surface area contributed by atoms with E-state index in [4.69, 9.17) is 20.2 Å². The van der Waals surface area contributed by atoms with E-state index >= 15 is 0 Å². The zero-order valence-corrected chi connectivity index (χ0v) is 39.5. The molecular weight excluding hydrogens is 701 g/mol. The second kappa shape index (κ2) is 17.3. The van der Waals surface area contributed by atoms with Gasteiger partial charge in [0.25, 0.3) is 0 Å². The fourth-order valence-corrected chi connectivity index (χ4v) is 12.5. The second-order valence-electron chi connectivity index (χ2n) is 21.6. The Hall–Kier alpha value is -1.29. The van der Waals surface area contributed by atoms with Crippen LogP contribution in [0.5, 0.6) is 0 Å². The summed E-state index contributed by atoms with van der Waals surface area (Å²) in [4.78, 5) is 26.3. The van der Waals surface area contributed by atoms with Gasteiger partial charge in [-0.15, -0.1) is 0 Å². The molecule has 1 unspecified atom stereocenters. The van der Waals surface area contributed by atoms with Crippen LogP contribution in [0.3, 0.4) is 0 Å². The summed E-state index contributed by atoms with van der Waals surface area (Å²) in [6.07, 6.45) is 20.2. The predicted molar refractivity (Wildman–Crippen MR) is 232 cm³/mol. The van der Waals surface area contributed by atoms with E-state index < -0.39 is 16.6 Å². The topological polar surface area (TPSA) is 61.8 Å². The molecule has 0 N–H and O–H groups in total. The van der Waals surface area contributed by atoms with Gasteiger partial charge in [-0.2, -0.15) is 0 Å².